The van der Waals surface area contributed by atoms with Crippen molar-refractivity contribution < 1.29 is 14.3 Å². The molecule has 23 heavy (non-hydrogen) atoms. The number of nitrogens with zero attached hydrogens (tertiary/aromatic N) is 2. The maximum absolute atomic E-state index is 12.4. The zero-order chi connectivity index (χ0) is 16.2. The highest BCUT2D eigenvalue weighted by atomic mass is 16.5. The Morgan fingerprint density at radius 3 is 2.70 bits per heavy atom. The van der Waals surface area contributed by atoms with Crippen LogP contribution < -0.4 is 5.32 Å². The van der Waals surface area contributed by atoms with Crippen molar-refractivity contribution in [2.24, 2.45) is 0 Å². The second-order valence-electron chi connectivity index (χ2n) is 7.05. The molecule has 0 aromatic heterocycles. The van der Waals surface area contributed by atoms with Gasteiger partial charge >= 0.3 is 6.03 Å². The number of carbonyl (C=O) groups excluding carboxylic acids is 2. The third-order valence-electron chi connectivity index (χ3n) is 5.20. The third kappa shape index (κ3) is 4.37. The van der Waals surface area contributed by atoms with Gasteiger partial charge in [0.1, 0.15) is 0 Å². The molecule has 2 atom stereocenters. The van der Waals surface area contributed by atoms with E-state index in [2.05, 4.69) is 5.32 Å². The van der Waals surface area contributed by atoms with E-state index in [1.807, 2.05) is 9.80 Å². The van der Waals surface area contributed by atoms with Crippen molar-refractivity contribution in [3.63, 3.8) is 0 Å². The molecule has 0 spiro atoms. The van der Waals surface area contributed by atoms with Gasteiger partial charge in [0.2, 0.25) is 5.91 Å². The summed E-state index contributed by atoms with van der Waals surface area (Å²) in [6.07, 6.45) is 7.70. The average molecular weight is 323 g/mol. The lowest BCUT2D eigenvalue weighted by atomic mass is 10.2. The van der Waals surface area contributed by atoms with Gasteiger partial charge in [0.05, 0.1) is 12.1 Å². The van der Waals surface area contributed by atoms with Crippen LogP contribution in [0.4, 0.5) is 4.79 Å². The molecule has 0 aromatic carbocycles. The fourth-order valence-corrected chi connectivity index (χ4v) is 3.75. The highest BCUT2D eigenvalue weighted by molar-refractivity contribution is 5.76. The lowest BCUT2D eigenvalue weighted by molar-refractivity contribution is -0.130. The molecule has 3 amide bonds. The summed E-state index contributed by atoms with van der Waals surface area (Å²) in [5, 5.41) is 3.03. The highest BCUT2D eigenvalue weighted by Crippen LogP contribution is 2.29. The predicted octanol–water partition coefficient (Wildman–Crippen LogP) is 1.74. The summed E-state index contributed by atoms with van der Waals surface area (Å²) in [7, 11) is 0. The molecular weight excluding hydrogens is 294 g/mol. The van der Waals surface area contributed by atoms with E-state index in [-0.39, 0.29) is 18.0 Å². The van der Waals surface area contributed by atoms with Gasteiger partial charge in [-0.05, 0) is 44.9 Å². The van der Waals surface area contributed by atoms with E-state index in [1.54, 1.807) is 6.92 Å². The number of nitrogens with one attached hydrogen (secondary N) is 1. The number of carbonyl (C=O) groups is 2. The zero-order valence-electron chi connectivity index (χ0n) is 14.1. The first-order valence-corrected chi connectivity index (χ1v) is 9.08. The second kappa shape index (κ2) is 7.51. The molecule has 1 aliphatic carbocycles. The molecule has 1 saturated carbocycles. The first kappa shape index (κ1) is 16.6. The molecule has 6 heteroatoms. The average Bonchev–Trinajstić information content (AvgIpc) is 3.03. The maximum Gasteiger partial charge on any atom is 0.317 e. The Balaban J connectivity index is 1.45. The van der Waals surface area contributed by atoms with Crippen LogP contribution in [0.2, 0.25) is 0 Å². The van der Waals surface area contributed by atoms with Gasteiger partial charge in [0, 0.05) is 39.2 Å². The first-order chi connectivity index (χ1) is 11.1. The van der Waals surface area contributed by atoms with Crippen molar-refractivity contribution in [3.8, 4) is 0 Å². The van der Waals surface area contributed by atoms with E-state index in [9.17, 15) is 9.59 Å². The van der Waals surface area contributed by atoms with Crippen LogP contribution in [-0.4, -0.2) is 66.2 Å². The zero-order valence-corrected chi connectivity index (χ0v) is 14.1. The van der Waals surface area contributed by atoms with Crippen molar-refractivity contribution >= 4 is 11.9 Å². The summed E-state index contributed by atoms with van der Waals surface area (Å²) < 4.78 is 5.58. The molecule has 0 unspecified atom stereocenters. The van der Waals surface area contributed by atoms with Crippen LogP contribution in [0.15, 0.2) is 0 Å². The predicted molar refractivity (Wildman–Crippen MR) is 87.1 cm³/mol. The van der Waals surface area contributed by atoms with E-state index in [1.165, 1.54) is 0 Å². The van der Waals surface area contributed by atoms with Crippen LogP contribution in [0.3, 0.4) is 0 Å². The molecule has 2 saturated heterocycles. The number of hydrogen-bond donors (Lipinski definition) is 1. The van der Waals surface area contributed by atoms with Crippen molar-refractivity contribution in [2.45, 2.75) is 70.1 Å². The molecule has 130 valence electrons. The molecule has 1 N–H and O–H groups in total. The molecule has 0 bridgehead atoms. The normalized spacial score (nSPS) is 27.3. The van der Waals surface area contributed by atoms with Gasteiger partial charge in [-0.15, -0.1) is 0 Å². The number of hydrogen-bond acceptors (Lipinski definition) is 3. The lowest BCUT2D eigenvalue weighted by Gasteiger charge is -2.30. The minimum Gasteiger partial charge on any atom is -0.378 e. The van der Waals surface area contributed by atoms with Crippen LogP contribution in [0.1, 0.15) is 51.9 Å². The Kier molecular flexibility index (Phi) is 5.41. The van der Waals surface area contributed by atoms with E-state index in [4.69, 9.17) is 4.74 Å². The van der Waals surface area contributed by atoms with E-state index < -0.39 is 0 Å². The Labute approximate surface area is 138 Å². The molecule has 6 nitrogen and oxygen atoms in total. The quantitative estimate of drug-likeness (QED) is 0.810. The van der Waals surface area contributed by atoms with E-state index in [0.717, 1.165) is 58.1 Å². The molecular formula is C17H29N3O3. The molecule has 2 heterocycles. The van der Waals surface area contributed by atoms with E-state index >= 15 is 0 Å². The van der Waals surface area contributed by atoms with Gasteiger partial charge < -0.3 is 19.9 Å². The largest absolute Gasteiger partial charge is 0.378 e. The fourth-order valence-electron chi connectivity index (χ4n) is 3.75. The number of likely N-dealkylation sites (tertiary alicyclic amines) is 1. The number of rotatable bonds is 6. The van der Waals surface area contributed by atoms with Crippen LogP contribution in [0, 0.1) is 0 Å². The Morgan fingerprint density at radius 2 is 2.04 bits per heavy atom. The summed E-state index contributed by atoms with van der Waals surface area (Å²) in [6.45, 7) is 4.66. The monoisotopic (exact) mass is 323 g/mol. The third-order valence-corrected chi connectivity index (χ3v) is 5.20. The molecule has 3 rings (SSSR count). The summed E-state index contributed by atoms with van der Waals surface area (Å²) in [6, 6.07) is 0.601. The number of amides is 3. The Hall–Kier alpha value is -1.30. The molecule has 3 aliphatic rings. The van der Waals surface area contributed by atoms with Gasteiger partial charge in [-0.3, -0.25) is 4.79 Å². The van der Waals surface area contributed by atoms with Gasteiger partial charge in [-0.2, -0.15) is 0 Å². The fraction of sp³-hybridized carbons (Fsp3) is 0.882. The first-order valence-electron chi connectivity index (χ1n) is 9.08. The summed E-state index contributed by atoms with van der Waals surface area (Å²) in [5.41, 5.74) is 0. The Morgan fingerprint density at radius 1 is 1.22 bits per heavy atom. The maximum atomic E-state index is 12.4. The molecule has 0 radical (unpaired) electrons. The van der Waals surface area contributed by atoms with Crippen molar-refractivity contribution in [3.05, 3.63) is 0 Å². The van der Waals surface area contributed by atoms with Gasteiger partial charge in [0.25, 0.3) is 0 Å². The standard InChI is InChI=1S/C17H29N3O3/c1-13(21)20(14-6-7-14)12-15-4-2-10-19(15)17(22)18-9-8-16-5-3-11-23-16/h14-16H,2-12H2,1H3,(H,18,22)/t15-,16+/m0/s1. The lowest BCUT2D eigenvalue weighted by Crippen LogP contribution is -2.49. The minimum absolute atomic E-state index is 0.0183. The van der Waals surface area contributed by atoms with Crippen LogP contribution in [-0.2, 0) is 9.53 Å². The summed E-state index contributed by atoms with van der Waals surface area (Å²) in [5.74, 6) is 0.137. The van der Waals surface area contributed by atoms with Crippen molar-refractivity contribution in [1.29, 1.82) is 0 Å². The van der Waals surface area contributed by atoms with Crippen LogP contribution in [0.5, 0.6) is 0 Å². The van der Waals surface area contributed by atoms with Crippen molar-refractivity contribution in [2.75, 3.05) is 26.2 Å². The van der Waals surface area contributed by atoms with Crippen LogP contribution in [0.25, 0.3) is 0 Å². The van der Waals surface area contributed by atoms with Gasteiger partial charge in [-0.1, -0.05) is 0 Å². The van der Waals surface area contributed by atoms with Crippen molar-refractivity contribution in [1.82, 2.24) is 15.1 Å². The SMILES string of the molecule is CC(=O)N(C[C@@H]1CCCN1C(=O)NCC[C@H]1CCCO1)C1CC1. The summed E-state index contributed by atoms with van der Waals surface area (Å²) in [4.78, 5) is 28.1. The van der Waals surface area contributed by atoms with Gasteiger partial charge in [-0.25, -0.2) is 4.79 Å². The highest BCUT2D eigenvalue weighted by Gasteiger charge is 2.36. The molecule has 3 fully saturated rings. The minimum atomic E-state index is 0.0183. The topological polar surface area (TPSA) is 61.9 Å². The smallest absolute Gasteiger partial charge is 0.317 e. The molecule has 0 aromatic rings. The molecule has 2 aliphatic heterocycles. The van der Waals surface area contributed by atoms with Gasteiger partial charge in [0.15, 0.2) is 0 Å². The number of urea groups is 1. The summed E-state index contributed by atoms with van der Waals surface area (Å²) >= 11 is 0. The van der Waals surface area contributed by atoms with E-state index in [0.29, 0.717) is 25.2 Å². The Bertz CT molecular complexity index is 433. The second-order valence-corrected chi connectivity index (χ2v) is 7.05. The number of ether oxygens (including phenoxy) is 1. The van der Waals surface area contributed by atoms with Crippen LogP contribution >= 0.6 is 0 Å².